The fourth-order valence-electron chi connectivity index (χ4n) is 2.97. The predicted molar refractivity (Wildman–Crippen MR) is 92.9 cm³/mol. The average Bonchev–Trinajstić information content (AvgIpc) is 2.90. The highest BCUT2D eigenvalue weighted by Crippen LogP contribution is 2.24. The molecule has 0 aliphatic carbocycles. The summed E-state index contributed by atoms with van der Waals surface area (Å²) >= 11 is 0. The first-order valence-corrected chi connectivity index (χ1v) is 8.57. The molecule has 24 heavy (non-hydrogen) atoms. The first-order valence-electron chi connectivity index (χ1n) is 8.57. The van der Waals surface area contributed by atoms with Gasteiger partial charge in [-0.3, -0.25) is 4.79 Å². The number of aryl methyl sites for hydroxylation is 1. The molecule has 0 spiro atoms. The van der Waals surface area contributed by atoms with E-state index in [0.29, 0.717) is 19.0 Å². The van der Waals surface area contributed by atoms with Crippen LogP contribution < -0.4 is 5.32 Å². The largest absolute Gasteiger partial charge is 0.444 e. The van der Waals surface area contributed by atoms with E-state index in [1.54, 1.807) is 6.20 Å². The molecule has 1 saturated heterocycles. The number of alkyl carbamates (subject to hydrolysis) is 1. The lowest BCUT2D eigenvalue weighted by Crippen LogP contribution is -2.47. The Bertz CT molecular complexity index is 589. The summed E-state index contributed by atoms with van der Waals surface area (Å²) in [4.78, 5) is 29.4. The molecule has 0 saturated carbocycles. The third-order valence-corrected chi connectivity index (χ3v) is 4.49. The molecule has 6 heteroatoms. The van der Waals surface area contributed by atoms with Gasteiger partial charge in [-0.15, -0.1) is 0 Å². The van der Waals surface area contributed by atoms with Crippen molar-refractivity contribution in [2.75, 3.05) is 19.6 Å². The maximum atomic E-state index is 12.7. The van der Waals surface area contributed by atoms with E-state index in [1.807, 2.05) is 38.8 Å². The zero-order chi connectivity index (χ0) is 17.9. The monoisotopic (exact) mass is 335 g/mol. The number of aromatic amines is 1. The van der Waals surface area contributed by atoms with Crippen LogP contribution in [0.4, 0.5) is 4.79 Å². The van der Waals surface area contributed by atoms with Crippen molar-refractivity contribution in [3.8, 4) is 0 Å². The van der Waals surface area contributed by atoms with Crippen molar-refractivity contribution in [2.24, 2.45) is 11.8 Å². The minimum atomic E-state index is -0.504. The number of rotatable bonds is 3. The molecule has 1 aliphatic rings. The van der Waals surface area contributed by atoms with Crippen molar-refractivity contribution >= 4 is 12.0 Å². The summed E-state index contributed by atoms with van der Waals surface area (Å²) in [5, 5.41) is 2.84. The van der Waals surface area contributed by atoms with Crippen LogP contribution in [0.1, 0.15) is 50.0 Å². The maximum Gasteiger partial charge on any atom is 0.407 e. The zero-order valence-corrected chi connectivity index (χ0v) is 15.3. The average molecular weight is 335 g/mol. The number of likely N-dealkylation sites (tertiary alicyclic amines) is 1. The third-order valence-electron chi connectivity index (χ3n) is 4.49. The van der Waals surface area contributed by atoms with Crippen LogP contribution in [0.15, 0.2) is 12.4 Å². The highest BCUT2D eigenvalue weighted by Gasteiger charge is 2.30. The SMILES string of the molecule is Cc1c[nH]cc1C(=O)N1CC[C@@H](C)[C@@H](CNC(=O)OC(C)(C)C)C1. The van der Waals surface area contributed by atoms with Crippen LogP contribution in [-0.2, 0) is 4.74 Å². The van der Waals surface area contributed by atoms with Crippen molar-refractivity contribution in [3.05, 3.63) is 23.5 Å². The first-order chi connectivity index (χ1) is 11.2. The third kappa shape index (κ3) is 4.76. The molecule has 0 radical (unpaired) electrons. The standard InChI is InChI=1S/C18H29N3O3/c1-12-6-7-21(16(22)15-10-19-8-13(15)2)11-14(12)9-20-17(23)24-18(3,4)5/h8,10,12,14,19H,6-7,9,11H2,1-5H3,(H,20,23)/t12-,14+/m1/s1. The summed E-state index contributed by atoms with van der Waals surface area (Å²) < 4.78 is 5.28. The molecule has 2 amide bonds. The fraction of sp³-hybridized carbons (Fsp3) is 0.667. The Labute approximate surface area is 143 Å². The highest BCUT2D eigenvalue weighted by molar-refractivity contribution is 5.95. The van der Waals surface area contributed by atoms with Gasteiger partial charge in [-0.05, 0) is 51.5 Å². The minimum Gasteiger partial charge on any atom is -0.444 e. The van der Waals surface area contributed by atoms with Crippen molar-refractivity contribution in [1.29, 1.82) is 0 Å². The van der Waals surface area contributed by atoms with E-state index < -0.39 is 11.7 Å². The number of amides is 2. The van der Waals surface area contributed by atoms with Gasteiger partial charge in [-0.1, -0.05) is 6.92 Å². The van der Waals surface area contributed by atoms with Gasteiger partial charge in [0.25, 0.3) is 5.91 Å². The summed E-state index contributed by atoms with van der Waals surface area (Å²) in [5.41, 5.74) is 1.18. The van der Waals surface area contributed by atoms with E-state index >= 15 is 0 Å². The molecule has 1 aromatic rings. The molecule has 2 heterocycles. The van der Waals surface area contributed by atoms with Gasteiger partial charge in [-0.25, -0.2) is 4.79 Å². The number of carbonyl (C=O) groups excluding carboxylic acids is 2. The quantitative estimate of drug-likeness (QED) is 0.892. The lowest BCUT2D eigenvalue weighted by Gasteiger charge is -2.37. The van der Waals surface area contributed by atoms with Crippen LogP contribution in [0.25, 0.3) is 0 Å². The number of nitrogens with zero attached hydrogens (tertiary/aromatic N) is 1. The summed E-state index contributed by atoms with van der Waals surface area (Å²) in [7, 11) is 0. The van der Waals surface area contributed by atoms with Crippen molar-refractivity contribution in [2.45, 2.75) is 46.6 Å². The van der Waals surface area contributed by atoms with Gasteiger partial charge in [0, 0.05) is 32.0 Å². The Balaban J connectivity index is 1.92. The van der Waals surface area contributed by atoms with Crippen molar-refractivity contribution in [1.82, 2.24) is 15.2 Å². The van der Waals surface area contributed by atoms with E-state index in [4.69, 9.17) is 4.74 Å². The number of H-pyrrole nitrogens is 1. The molecule has 2 atom stereocenters. The normalized spacial score (nSPS) is 21.5. The molecule has 134 valence electrons. The van der Waals surface area contributed by atoms with Crippen molar-refractivity contribution in [3.63, 3.8) is 0 Å². The number of piperidine rings is 1. The molecule has 1 fully saturated rings. The van der Waals surface area contributed by atoms with Crippen LogP contribution >= 0.6 is 0 Å². The van der Waals surface area contributed by atoms with E-state index in [2.05, 4.69) is 17.2 Å². The van der Waals surface area contributed by atoms with Crippen LogP contribution in [0, 0.1) is 18.8 Å². The van der Waals surface area contributed by atoms with Gasteiger partial charge in [-0.2, -0.15) is 0 Å². The molecule has 1 aliphatic heterocycles. The Morgan fingerprint density at radius 3 is 2.67 bits per heavy atom. The molecule has 0 bridgehead atoms. The number of hydrogen-bond donors (Lipinski definition) is 2. The predicted octanol–water partition coefficient (Wildman–Crippen LogP) is 2.95. The summed E-state index contributed by atoms with van der Waals surface area (Å²) in [6.07, 6.45) is 4.13. The van der Waals surface area contributed by atoms with E-state index in [1.165, 1.54) is 0 Å². The van der Waals surface area contributed by atoms with Crippen LogP contribution in [0.5, 0.6) is 0 Å². The smallest absolute Gasteiger partial charge is 0.407 e. The lowest BCUT2D eigenvalue weighted by molar-refractivity contribution is 0.0477. The van der Waals surface area contributed by atoms with Gasteiger partial charge in [0.1, 0.15) is 5.60 Å². The van der Waals surface area contributed by atoms with Gasteiger partial charge in [0.05, 0.1) is 5.56 Å². The van der Waals surface area contributed by atoms with Crippen LogP contribution in [-0.4, -0.2) is 47.1 Å². The topological polar surface area (TPSA) is 74.4 Å². The summed E-state index contributed by atoms with van der Waals surface area (Å²) in [6, 6.07) is 0. The van der Waals surface area contributed by atoms with Gasteiger partial charge < -0.3 is 19.9 Å². The number of ether oxygens (including phenoxy) is 1. The number of aromatic nitrogens is 1. The number of nitrogens with one attached hydrogen (secondary N) is 2. The Hall–Kier alpha value is -1.98. The van der Waals surface area contributed by atoms with Crippen LogP contribution in [0.3, 0.4) is 0 Å². The molecule has 0 unspecified atom stereocenters. The summed E-state index contributed by atoms with van der Waals surface area (Å²) in [5.74, 6) is 0.744. The Kier molecular flexibility index (Phi) is 5.57. The van der Waals surface area contributed by atoms with Gasteiger partial charge in [0.15, 0.2) is 0 Å². The molecule has 1 aromatic heterocycles. The van der Waals surface area contributed by atoms with E-state index in [0.717, 1.165) is 24.1 Å². The second-order valence-electron chi connectivity index (χ2n) is 7.71. The van der Waals surface area contributed by atoms with E-state index in [9.17, 15) is 9.59 Å². The zero-order valence-electron chi connectivity index (χ0n) is 15.3. The highest BCUT2D eigenvalue weighted by atomic mass is 16.6. The molecule has 6 nitrogen and oxygen atoms in total. The maximum absolute atomic E-state index is 12.7. The fourth-order valence-corrected chi connectivity index (χ4v) is 2.97. The number of hydrogen-bond acceptors (Lipinski definition) is 3. The number of carbonyl (C=O) groups is 2. The molecule has 2 N–H and O–H groups in total. The van der Waals surface area contributed by atoms with Crippen molar-refractivity contribution < 1.29 is 14.3 Å². The Morgan fingerprint density at radius 2 is 2.08 bits per heavy atom. The van der Waals surface area contributed by atoms with Gasteiger partial charge >= 0.3 is 6.09 Å². The molecule has 2 rings (SSSR count). The second-order valence-corrected chi connectivity index (χ2v) is 7.71. The van der Waals surface area contributed by atoms with Gasteiger partial charge in [0.2, 0.25) is 0 Å². The molecular formula is C18H29N3O3. The lowest BCUT2D eigenvalue weighted by atomic mass is 9.86. The minimum absolute atomic E-state index is 0.0583. The summed E-state index contributed by atoms with van der Waals surface area (Å²) in [6.45, 7) is 11.6. The van der Waals surface area contributed by atoms with Crippen LogP contribution in [0.2, 0.25) is 0 Å². The first kappa shape index (κ1) is 18.4. The molecule has 0 aromatic carbocycles. The second kappa shape index (κ2) is 7.28. The Morgan fingerprint density at radius 1 is 1.38 bits per heavy atom. The molecular weight excluding hydrogens is 306 g/mol. The van der Waals surface area contributed by atoms with E-state index in [-0.39, 0.29) is 11.8 Å².